The van der Waals surface area contributed by atoms with E-state index in [1.165, 1.54) is 26.4 Å². The first-order valence-electron chi connectivity index (χ1n) is 8.93. The maximum atomic E-state index is 12.4. The highest BCUT2D eigenvalue weighted by Crippen LogP contribution is 2.33. The van der Waals surface area contributed by atoms with Crippen LogP contribution in [0.5, 0.6) is 5.75 Å². The SMILES string of the molecule is CCC(=O)[C@H](CC)[C@@H](C(=O)OC)c1cccc(OCC2CCC2)c1. The van der Waals surface area contributed by atoms with Gasteiger partial charge in [-0.3, -0.25) is 9.59 Å². The Labute approximate surface area is 144 Å². The molecule has 4 heteroatoms. The van der Waals surface area contributed by atoms with Gasteiger partial charge in [-0.2, -0.15) is 0 Å². The number of esters is 1. The lowest BCUT2D eigenvalue weighted by molar-refractivity contribution is -0.146. The van der Waals surface area contributed by atoms with Crippen molar-refractivity contribution in [3.8, 4) is 5.75 Å². The fourth-order valence-corrected chi connectivity index (χ4v) is 3.24. The monoisotopic (exact) mass is 332 g/mol. The Hall–Kier alpha value is -1.84. The van der Waals surface area contributed by atoms with E-state index in [0.29, 0.717) is 18.8 Å². The molecule has 0 unspecified atom stereocenters. The fourth-order valence-electron chi connectivity index (χ4n) is 3.24. The minimum atomic E-state index is -0.570. The van der Waals surface area contributed by atoms with E-state index in [9.17, 15) is 9.59 Å². The van der Waals surface area contributed by atoms with Gasteiger partial charge in [-0.25, -0.2) is 0 Å². The molecule has 1 saturated carbocycles. The second-order valence-electron chi connectivity index (χ2n) is 6.52. The van der Waals surface area contributed by atoms with Crippen LogP contribution in [0.2, 0.25) is 0 Å². The molecule has 0 saturated heterocycles. The molecule has 132 valence electrons. The van der Waals surface area contributed by atoms with E-state index in [0.717, 1.165) is 17.9 Å². The number of ether oxygens (including phenoxy) is 2. The molecule has 1 aliphatic carbocycles. The highest BCUT2D eigenvalue weighted by Gasteiger charge is 2.34. The minimum Gasteiger partial charge on any atom is -0.493 e. The number of hydrogen-bond donors (Lipinski definition) is 0. The smallest absolute Gasteiger partial charge is 0.313 e. The number of carbonyl (C=O) groups is 2. The van der Waals surface area contributed by atoms with Gasteiger partial charge in [0, 0.05) is 12.3 Å². The molecule has 0 N–H and O–H groups in total. The van der Waals surface area contributed by atoms with Crippen LogP contribution in [-0.2, 0) is 14.3 Å². The summed E-state index contributed by atoms with van der Waals surface area (Å²) in [5.41, 5.74) is 0.793. The molecule has 1 aromatic rings. The van der Waals surface area contributed by atoms with Gasteiger partial charge < -0.3 is 9.47 Å². The molecule has 0 bridgehead atoms. The normalized spacial score (nSPS) is 16.8. The second kappa shape index (κ2) is 8.86. The molecule has 0 aromatic heterocycles. The summed E-state index contributed by atoms with van der Waals surface area (Å²) < 4.78 is 10.9. The van der Waals surface area contributed by atoms with Gasteiger partial charge in [0.1, 0.15) is 11.5 Å². The molecule has 0 aliphatic heterocycles. The van der Waals surface area contributed by atoms with Gasteiger partial charge in [-0.05, 0) is 42.9 Å². The number of benzene rings is 1. The van der Waals surface area contributed by atoms with Crippen molar-refractivity contribution in [2.24, 2.45) is 11.8 Å². The summed E-state index contributed by atoms with van der Waals surface area (Å²) in [6.07, 6.45) is 4.78. The predicted molar refractivity (Wildman–Crippen MR) is 93.1 cm³/mol. The lowest BCUT2D eigenvalue weighted by atomic mass is 9.81. The van der Waals surface area contributed by atoms with E-state index in [1.807, 2.05) is 38.1 Å². The Morgan fingerprint density at radius 2 is 2.00 bits per heavy atom. The quantitative estimate of drug-likeness (QED) is 0.638. The van der Waals surface area contributed by atoms with Gasteiger partial charge in [0.15, 0.2) is 0 Å². The van der Waals surface area contributed by atoms with Crippen molar-refractivity contribution >= 4 is 11.8 Å². The topological polar surface area (TPSA) is 52.6 Å². The van der Waals surface area contributed by atoms with Gasteiger partial charge in [0.25, 0.3) is 0 Å². The highest BCUT2D eigenvalue weighted by molar-refractivity contribution is 5.89. The average molecular weight is 332 g/mol. The summed E-state index contributed by atoms with van der Waals surface area (Å²) in [7, 11) is 1.37. The van der Waals surface area contributed by atoms with E-state index in [4.69, 9.17) is 9.47 Å². The van der Waals surface area contributed by atoms with Crippen molar-refractivity contribution in [2.75, 3.05) is 13.7 Å². The number of rotatable bonds is 9. The zero-order valence-corrected chi connectivity index (χ0v) is 14.9. The molecule has 4 nitrogen and oxygen atoms in total. The number of Topliss-reactive ketones (excluding diaryl/α,β-unsaturated/α-hetero) is 1. The van der Waals surface area contributed by atoms with Crippen molar-refractivity contribution < 1.29 is 19.1 Å². The van der Waals surface area contributed by atoms with Crippen LogP contribution in [-0.4, -0.2) is 25.5 Å². The summed E-state index contributed by atoms with van der Waals surface area (Å²) in [4.78, 5) is 24.6. The first-order chi connectivity index (χ1) is 11.6. The Kier molecular flexibility index (Phi) is 6.83. The minimum absolute atomic E-state index is 0.0914. The number of carbonyl (C=O) groups excluding carboxylic acids is 2. The van der Waals surface area contributed by atoms with Crippen LogP contribution < -0.4 is 4.74 Å². The lowest BCUT2D eigenvalue weighted by Crippen LogP contribution is -2.28. The zero-order chi connectivity index (χ0) is 17.5. The molecule has 2 rings (SSSR count). The Bertz CT molecular complexity index is 563. The third kappa shape index (κ3) is 4.37. The van der Waals surface area contributed by atoms with Crippen LogP contribution in [0.1, 0.15) is 57.4 Å². The van der Waals surface area contributed by atoms with Gasteiger partial charge in [0.2, 0.25) is 0 Å². The molecule has 24 heavy (non-hydrogen) atoms. The summed E-state index contributed by atoms with van der Waals surface area (Å²) in [5, 5.41) is 0. The third-order valence-corrected chi connectivity index (χ3v) is 4.99. The molecular formula is C20H28O4. The van der Waals surface area contributed by atoms with Crippen molar-refractivity contribution in [1.29, 1.82) is 0 Å². The van der Waals surface area contributed by atoms with Crippen molar-refractivity contribution in [1.82, 2.24) is 0 Å². The van der Waals surface area contributed by atoms with Gasteiger partial charge in [0.05, 0.1) is 19.6 Å². The molecule has 1 aromatic carbocycles. The zero-order valence-electron chi connectivity index (χ0n) is 14.9. The Morgan fingerprint density at radius 1 is 1.25 bits per heavy atom. The fraction of sp³-hybridized carbons (Fsp3) is 0.600. The average Bonchev–Trinajstić information content (AvgIpc) is 2.57. The highest BCUT2D eigenvalue weighted by atomic mass is 16.5. The largest absolute Gasteiger partial charge is 0.493 e. The molecule has 0 heterocycles. The molecule has 0 amide bonds. The van der Waals surface area contributed by atoms with E-state index >= 15 is 0 Å². The van der Waals surface area contributed by atoms with Crippen LogP contribution in [0.15, 0.2) is 24.3 Å². The molecule has 2 atom stereocenters. The third-order valence-electron chi connectivity index (χ3n) is 4.99. The Balaban J connectivity index is 2.21. The maximum absolute atomic E-state index is 12.4. The standard InChI is InChI=1S/C20H28O4/c1-4-17(18(21)5-2)19(20(22)23-3)15-10-7-11-16(12-15)24-13-14-8-6-9-14/h7,10-12,14,17,19H,4-6,8-9,13H2,1-3H3/t17-,19-/m0/s1. The lowest BCUT2D eigenvalue weighted by Gasteiger charge is -2.26. The Morgan fingerprint density at radius 3 is 2.54 bits per heavy atom. The van der Waals surface area contributed by atoms with Crippen molar-refractivity contribution in [3.63, 3.8) is 0 Å². The summed E-state index contributed by atoms with van der Waals surface area (Å²) in [6, 6.07) is 7.54. The molecule has 0 spiro atoms. The van der Waals surface area contributed by atoms with Crippen LogP contribution in [0.4, 0.5) is 0 Å². The van der Waals surface area contributed by atoms with Crippen LogP contribution in [0, 0.1) is 11.8 Å². The maximum Gasteiger partial charge on any atom is 0.313 e. The van der Waals surface area contributed by atoms with Crippen LogP contribution in [0.3, 0.4) is 0 Å². The molecular weight excluding hydrogens is 304 g/mol. The molecule has 1 fully saturated rings. The van der Waals surface area contributed by atoms with Gasteiger partial charge >= 0.3 is 5.97 Å². The summed E-state index contributed by atoms with van der Waals surface area (Å²) >= 11 is 0. The number of methoxy groups -OCH3 is 1. The van der Waals surface area contributed by atoms with Crippen molar-refractivity contribution in [3.05, 3.63) is 29.8 Å². The van der Waals surface area contributed by atoms with E-state index in [2.05, 4.69) is 0 Å². The van der Waals surface area contributed by atoms with Crippen LogP contribution in [0.25, 0.3) is 0 Å². The van der Waals surface area contributed by atoms with E-state index < -0.39 is 5.92 Å². The predicted octanol–water partition coefficient (Wildman–Crippen LogP) is 4.13. The van der Waals surface area contributed by atoms with Gasteiger partial charge in [-0.15, -0.1) is 0 Å². The number of hydrogen-bond acceptors (Lipinski definition) is 4. The van der Waals surface area contributed by atoms with E-state index in [-0.39, 0.29) is 17.7 Å². The van der Waals surface area contributed by atoms with Crippen LogP contribution >= 0.6 is 0 Å². The first-order valence-corrected chi connectivity index (χ1v) is 8.93. The molecule has 0 radical (unpaired) electrons. The molecule has 1 aliphatic rings. The summed E-state index contributed by atoms with van der Waals surface area (Å²) in [6.45, 7) is 4.49. The van der Waals surface area contributed by atoms with Gasteiger partial charge in [-0.1, -0.05) is 32.4 Å². The summed E-state index contributed by atoms with van der Waals surface area (Å²) in [5.74, 6) is 0.208. The van der Waals surface area contributed by atoms with Crippen molar-refractivity contribution in [2.45, 2.75) is 51.9 Å². The second-order valence-corrected chi connectivity index (χ2v) is 6.52. The van der Waals surface area contributed by atoms with E-state index in [1.54, 1.807) is 0 Å². The first kappa shape index (κ1) is 18.5. The number of ketones is 1.